The van der Waals surface area contributed by atoms with E-state index in [4.69, 9.17) is 37.9 Å². The van der Waals surface area contributed by atoms with Gasteiger partial charge in [-0.3, -0.25) is 4.79 Å². The smallest absolute Gasteiger partial charge is 0.315 e. The van der Waals surface area contributed by atoms with Gasteiger partial charge in [-0.1, -0.05) is 51.5 Å². The minimum absolute atomic E-state index is 0.0190. The van der Waals surface area contributed by atoms with Crippen molar-refractivity contribution in [3.63, 3.8) is 0 Å². The quantitative estimate of drug-likeness (QED) is 0.0593. The van der Waals surface area contributed by atoms with Gasteiger partial charge in [0.2, 0.25) is 6.29 Å². The second-order valence-electron chi connectivity index (χ2n) is 24.7. The number of ether oxygens (including phenoxy) is 8. The molecule has 5 aliphatic carbocycles. The van der Waals surface area contributed by atoms with Crippen LogP contribution in [0.5, 0.6) is 0 Å². The first-order chi connectivity index (χ1) is 35.2. The fourth-order valence-electron chi connectivity index (χ4n) is 16.2. The highest BCUT2D eigenvalue weighted by molar-refractivity contribution is 5.79. The number of fused-ring (bicyclic) bond motifs is 7. The van der Waals surface area contributed by atoms with Crippen molar-refractivity contribution in [2.75, 3.05) is 26.4 Å². The van der Waals surface area contributed by atoms with Crippen molar-refractivity contribution < 1.29 is 109 Å². The highest BCUT2D eigenvalue weighted by atomic mass is 16.8. The molecule has 4 saturated carbocycles. The number of hydrogen-bond donors (Lipinski definition) is 13. The number of carbonyl (C=O) groups excluding carboxylic acids is 1. The predicted molar refractivity (Wildman–Crippen MR) is 257 cm³/mol. The van der Waals surface area contributed by atoms with Crippen molar-refractivity contribution in [1.29, 1.82) is 0 Å². The van der Waals surface area contributed by atoms with Crippen molar-refractivity contribution in [1.82, 2.24) is 0 Å². The maximum absolute atomic E-state index is 15.1. The molecule has 13 N–H and O–H groups in total. The summed E-state index contributed by atoms with van der Waals surface area (Å²) in [5.74, 6) is -0.844. The van der Waals surface area contributed by atoms with Crippen molar-refractivity contribution >= 4 is 5.97 Å². The lowest BCUT2D eigenvalue weighted by Gasteiger charge is -2.71. The summed E-state index contributed by atoms with van der Waals surface area (Å²) in [6.45, 7) is 15.1. The fourth-order valence-corrected chi connectivity index (χ4v) is 16.2. The summed E-state index contributed by atoms with van der Waals surface area (Å²) in [6.07, 6.45) is -22.2. The number of rotatable bonds is 12. The van der Waals surface area contributed by atoms with Crippen LogP contribution in [0.1, 0.15) is 99.3 Å². The van der Waals surface area contributed by atoms with Crippen LogP contribution in [-0.2, 0) is 42.7 Å². The topological polar surface area (TPSA) is 354 Å². The van der Waals surface area contributed by atoms with E-state index in [2.05, 4.69) is 33.4 Å². The Morgan fingerprint density at radius 3 is 2.01 bits per heavy atom. The molecule has 0 spiro atoms. The molecule has 29 unspecified atom stereocenters. The van der Waals surface area contributed by atoms with E-state index in [1.807, 2.05) is 13.8 Å². The van der Waals surface area contributed by atoms with Crippen LogP contribution >= 0.6 is 0 Å². The van der Waals surface area contributed by atoms with E-state index < -0.39 is 153 Å². The van der Waals surface area contributed by atoms with Gasteiger partial charge in [-0.2, -0.15) is 0 Å². The molecular formula is C53H84O22. The third-order valence-corrected chi connectivity index (χ3v) is 20.9. The van der Waals surface area contributed by atoms with E-state index in [1.54, 1.807) is 0 Å². The van der Waals surface area contributed by atoms with E-state index in [9.17, 15) is 66.4 Å². The molecule has 0 amide bonds. The Hall–Kier alpha value is -1.85. The Morgan fingerprint density at radius 2 is 1.33 bits per heavy atom. The zero-order valence-electron chi connectivity index (χ0n) is 43.8. The minimum Gasteiger partial charge on any atom is -0.432 e. The van der Waals surface area contributed by atoms with E-state index in [0.29, 0.717) is 38.5 Å². The fraction of sp³-hybridized carbons (Fsp3) is 0.906. The van der Waals surface area contributed by atoms with Crippen molar-refractivity contribution in [3.05, 3.63) is 23.8 Å². The van der Waals surface area contributed by atoms with Gasteiger partial charge in [-0.25, -0.2) is 0 Å². The average Bonchev–Trinajstić information content (AvgIpc) is 3.88. The zero-order chi connectivity index (χ0) is 54.6. The molecule has 75 heavy (non-hydrogen) atoms. The predicted octanol–water partition coefficient (Wildman–Crippen LogP) is -1.62. The SMILES string of the molecule is C=C(C)C1CCC2(C(=O)OC3OC(COC4OC(CO)C(OC5OC(C)C(O)C(O)C5O)C(O)C4O)C(O)C(O)C3O)CCC3(C)C(=CCC4C5(C)CCC(OC6OCC(O)C(O)C6O)C(C)(CO)C5CCC43C)C12. The highest BCUT2D eigenvalue weighted by Gasteiger charge is 2.71. The molecule has 428 valence electrons. The van der Waals surface area contributed by atoms with E-state index in [-0.39, 0.29) is 53.1 Å². The van der Waals surface area contributed by atoms with E-state index in [0.717, 1.165) is 24.8 Å². The third-order valence-electron chi connectivity index (χ3n) is 20.9. The number of aliphatic hydroxyl groups is 13. The van der Waals surface area contributed by atoms with Crippen LogP contribution in [0, 0.1) is 50.7 Å². The summed E-state index contributed by atoms with van der Waals surface area (Å²) in [7, 11) is 0. The maximum Gasteiger partial charge on any atom is 0.315 e. The van der Waals surface area contributed by atoms with E-state index in [1.165, 1.54) is 12.5 Å². The van der Waals surface area contributed by atoms with Gasteiger partial charge >= 0.3 is 5.97 Å². The van der Waals surface area contributed by atoms with Gasteiger partial charge < -0.3 is 104 Å². The van der Waals surface area contributed by atoms with Crippen LogP contribution in [0.3, 0.4) is 0 Å². The summed E-state index contributed by atoms with van der Waals surface area (Å²) < 4.78 is 46.9. The molecule has 4 aliphatic heterocycles. The number of hydrogen-bond acceptors (Lipinski definition) is 22. The largest absolute Gasteiger partial charge is 0.432 e. The van der Waals surface area contributed by atoms with Gasteiger partial charge in [0, 0.05) is 11.3 Å². The van der Waals surface area contributed by atoms with Crippen molar-refractivity contribution in [2.24, 2.45) is 50.7 Å². The molecule has 0 aromatic carbocycles. The summed E-state index contributed by atoms with van der Waals surface area (Å²) in [6, 6.07) is 0. The maximum atomic E-state index is 15.1. The lowest BCUT2D eigenvalue weighted by atomic mass is 9.34. The third kappa shape index (κ3) is 9.23. The van der Waals surface area contributed by atoms with Gasteiger partial charge in [0.25, 0.3) is 0 Å². The Kier molecular flexibility index (Phi) is 16.4. The molecule has 0 radical (unpaired) electrons. The molecule has 4 heterocycles. The summed E-state index contributed by atoms with van der Waals surface area (Å²) in [5.41, 5.74) is -0.586. The molecular weight excluding hydrogens is 989 g/mol. The Balaban J connectivity index is 0.900. The monoisotopic (exact) mass is 1070 g/mol. The Labute approximate surface area is 437 Å². The van der Waals surface area contributed by atoms with Crippen LogP contribution in [0.2, 0.25) is 0 Å². The lowest BCUT2D eigenvalue weighted by Crippen LogP contribution is -2.66. The molecule has 0 bridgehead atoms. The normalized spacial score (nSPS) is 54.9. The van der Waals surface area contributed by atoms with Crippen molar-refractivity contribution in [3.8, 4) is 0 Å². The molecule has 29 atom stereocenters. The van der Waals surface area contributed by atoms with E-state index >= 15 is 4.79 Å². The first-order valence-electron chi connectivity index (χ1n) is 27.0. The second-order valence-corrected chi connectivity index (χ2v) is 24.7. The number of aliphatic hydroxyl groups excluding tert-OH is 13. The van der Waals surface area contributed by atoms with Crippen LogP contribution in [0.25, 0.3) is 0 Å². The number of allylic oxidation sites excluding steroid dienone is 3. The van der Waals surface area contributed by atoms with Crippen LogP contribution in [-0.4, -0.2) is 222 Å². The summed E-state index contributed by atoms with van der Waals surface area (Å²) in [5, 5.41) is 139. The standard InChI is InChI=1S/C53H84O22/c1-22(2)24-10-15-53(48(67)75-47-41(65)37(61)35(59)28(72-47)20-69-44-42(66)38(62)43(27(18-54)71-44)74-46-40(64)36(60)33(57)23(3)70-46)17-16-51(6)25(32(24)53)8-9-30-49(4)13-12-31(73-45-39(63)34(58)26(56)19-68-45)50(5,21-55)29(49)11-14-52(30,51)7/h8,23-24,26-47,54-66H,1,9-21H2,2-7H3. The number of esters is 1. The lowest BCUT2D eigenvalue weighted by molar-refractivity contribution is -0.361. The molecule has 0 aromatic heterocycles. The van der Waals surface area contributed by atoms with Crippen LogP contribution in [0.15, 0.2) is 23.8 Å². The minimum atomic E-state index is -1.89. The van der Waals surface area contributed by atoms with Crippen molar-refractivity contribution in [2.45, 2.75) is 222 Å². The molecule has 0 aromatic rings. The van der Waals surface area contributed by atoms with Gasteiger partial charge in [-0.05, 0) is 106 Å². The average molecular weight is 1070 g/mol. The van der Waals surface area contributed by atoms with Crippen LogP contribution in [0.4, 0.5) is 0 Å². The first kappa shape index (κ1) is 57.8. The van der Waals surface area contributed by atoms with Gasteiger partial charge in [0.05, 0.1) is 44.1 Å². The first-order valence-corrected chi connectivity index (χ1v) is 27.0. The zero-order valence-corrected chi connectivity index (χ0v) is 43.8. The second kappa shape index (κ2) is 21.2. The molecule has 22 heteroatoms. The number of carbonyl (C=O) groups is 1. The molecule has 8 fully saturated rings. The molecule has 9 aliphatic rings. The van der Waals surface area contributed by atoms with Gasteiger partial charge in [-0.15, -0.1) is 0 Å². The van der Waals surface area contributed by atoms with Gasteiger partial charge in [0.15, 0.2) is 18.9 Å². The summed E-state index contributed by atoms with van der Waals surface area (Å²) >= 11 is 0. The Morgan fingerprint density at radius 1 is 0.680 bits per heavy atom. The molecule has 22 nitrogen and oxygen atoms in total. The van der Waals surface area contributed by atoms with Gasteiger partial charge in [0.1, 0.15) is 85.5 Å². The Bertz CT molecular complexity index is 2100. The van der Waals surface area contributed by atoms with Crippen LogP contribution < -0.4 is 0 Å². The summed E-state index contributed by atoms with van der Waals surface area (Å²) in [4.78, 5) is 15.1. The molecule has 4 saturated heterocycles. The highest BCUT2D eigenvalue weighted by Crippen LogP contribution is 2.76. The molecule has 9 rings (SSSR count).